The fraction of sp³-hybridized carbons (Fsp3) is 0.0408. The summed E-state index contributed by atoms with van der Waals surface area (Å²) in [6.07, 6.45) is 8.71. The van der Waals surface area contributed by atoms with Gasteiger partial charge >= 0.3 is 0 Å². The van der Waals surface area contributed by atoms with E-state index in [-0.39, 0.29) is 12.1 Å². The van der Waals surface area contributed by atoms with Crippen LogP contribution in [-0.4, -0.2) is 27.1 Å². The molecule has 0 amide bonds. The van der Waals surface area contributed by atoms with Gasteiger partial charge in [0.1, 0.15) is 5.84 Å². The molecule has 7 aromatic carbocycles. The zero-order valence-corrected chi connectivity index (χ0v) is 28.9. The Labute approximate surface area is 307 Å². The van der Waals surface area contributed by atoms with E-state index in [2.05, 4.69) is 208 Å². The molecule has 1 aliphatic heterocycles. The lowest BCUT2D eigenvalue weighted by atomic mass is 10.0. The summed E-state index contributed by atoms with van der Waals surface area (Å²) in [6.45, 7) is 0. The summed E-state index contributed by atoms with van der Waals surface area (Å²) in [6, 6.07) is 61.8. The van der Waals surface area contributed by atoms with Gasteiger partial charge in [-0.15, -0.1) is 0 Å². The van der Waals surface area contributed by atoms with E-state index in [1.54, 1.807) is 0 Å². The summed E-state index contributed by atoms with van der Waals surface area (Å²) in [5.41, 5.74) is 11.8. The Kier molecular flexibility index (Phi) is 6.65. The number of anilines is 1. The van der Waals surface area contributed by atoms with Crippen LogP contribution in [-0.2, 0) is 0 Å². The molecule has 2 atom stereocenters. The molecule has 0 saturated carbocycles. The molecule has 0 radical (unpaired) electrons. The molecule has 0 bridgehead atoms. The Balaban J connectivity index is 1.01. The summed E-state index contributed by atoms with van der Waals surface area (Å²) < 4.78 is 4.77. The molecule has 250 valence electrons. The molecule has 2 unspecified atom stereocenters. The van der Waals surface area contributed by atoms with Gasteiger partial charge in [0.2, 0.25) is 0 Å². The molecule has 4 heteroatoms. The van der Waals surface area contributed by atoms with Crippen LogP contribution >= 0.6 is 0 Å². The smallest absolute Gasteiger partial charge is 0.136 e. The van der Waals surface area contributed by atoms with E-state index in [4.69, 9.17) is 4.99 Å². The summed E-state index contributed by atoms with van der Waals surface area (Å²) in [4.78, 5) is 7.59. The first kappa shape index (κ1) is 29.8. The van der Waals surface area contributed by atoms with Crippen LogP contribution in [0, 0.1) is 0 Å². The highest BCUT2D eigenvalue weighted by molar-refractivity contribution is 6.14. The lowest BCUT2D eigenvalue weighted by molar-refractivity contribution is 0.739. The highest BCUT2D eigenvalue weighted by Crippen LogP contribution is 2.39. The minimum absolute atomic E-state index is 0.102. The number of rotatable bonds is 5. The minimum Gasteiger partial charge on any atom is -0.317 e. The number of amidine groups is 1. The maximum absolute atomic E-state index is 5.22. The summed E-state index contributed by atoms with van der Waals surface area (Å²) >= 11 is 0. The molecule has 0 saturated heterocycles. The number of hydrogen-bond donors (Lipinski definition) is 0. The zero-order chi connectivity index (χ0) is 34.9. The van der Waals surface area contributed by atoms with Gasteiger partial charge in [0.15, 0.2) is 0 Å². The van der Waals surface area contributed by atoms with Crippen LogP contribution in [0.25, 0.3) is 66.1 Å². The summed E-state index contributed by atoms with van der Waals surface area (Å²) in [5.74, 6) is 1.00. The van der Waals surface area contributed by atoms with E-state index < -0.39 is 0 Å². The van der Waals surface area contributed by atoms with Gasteiger partial charge in [-0.3, -0.25) is 4.99 Å². The third-order valence-electron chi connectivity index (χ3n) is 11.0. The molecular weight excluding hydrogens is 645 g/mol. The molecule has 4 nitrogen and oxygen atoms in total. The first-order chi connectivity index (χ1) is 26.3. The maximum atomic E-state index is 5.22. The molecule has 0 N–H and O–H groups in total. The Morgan fingerprint density at radius 3 is 1.45 bits per heavy atom. The molecule has 53 heavy (non-hydrogen) atoms. The van der Waals surface area contributed by atoms with Gasteiger partial charge in [-0.25, -0.2) is 0 Å². The Morgan fingerprint density at radius 1 is 0.377 bits per heavy atom. The highest BCUT2D eigenvalue weighted by atomic mass is 15.3. The van der Waals surface area contributed by atoms with Crippen LogP contribution in [0.4, 0.5) is 5.69 Å². The van der Waals surface area contributed by atoms with E-state index in [1.807, 2.05) is 0 Å². The first-order valence-corrected chi connectivity index (χ1v) is 18.3. The molecule has 2 aromatic heterocycles. The molecule has 0 spiro atoms. The average molecular weight is 679 g/mol. The second kappa shape index (κ2) is 11.8. The van der Waals surface area contributed by atoms with Gasteiger partial charge in [0.25, 0.3) is 0 Å². The van der Waals surface area contributed by atoms with Crippen LogP contribution in [0.5, 0.6) is 0 Å². The third kappa shape index (κ3) is 4.66. The average Bonchev–Trinajstić information content (AvgIpc) is 3.89. The van der Waals surface area contributed by atoms with Crippen molar-refractivity contribution in [1.29, 1.82) is 0 Å². The van der Waals surface area contributed by atoms with E-state index in [0.717, 1.165) is 22.8 Å². The van der Waals surface area contributed by atoms with Gasteiger partial charge in [-0.05, 0) is 96.1 Å². The van der Waals surface area contributed by atoms with Gasteiger partial charge < -0.3 is 14.0 Å². The Morgan fingerprint density at radius 2 is 0.849 bits per heavy atom. The first-order valence-electron chi connectivity index (χ1n) is 18.3. The monoisotopic (exact) mass is 678 g/mol. The number of aromatic nitrogens is 2. The van der Waals surface area contributed by atoms with Crippen molar-refractivity contribution in [1.82, 2.24) is 9.13 Å². The molecule has 2 aliphatic rings. The van der Waals surface area contributed by atoms with Gasteiger partial charge in [-0.1, -0.05) is 109 Å². The lowest BCUT2D eigenvalue weighted by Crippen LogP contribution is -2.39. The van der Waals surface area contributed by atoms with E-state index >= 15 is 0 Å². The van der Waals surface area contributed by atoms with Crippen LogP contribution in [0.15, 0.2) is 199 Å². The Hall–Kier alpha value is -6.91. The predicted molar refractivity (Wildman–Crippen MR) is 222 cm³/mol. The number of aliphatic imine (C=N–C) groups is 1. The fourth-order valence-corrected chi connectivity index (χ4v) is 8.58. The highest BCUT2D eigenvalue weighted by Gasteiger charge is 2.35. The van der Waals surface area contributed by atoms with Crippen molar-refractivity contribution in [3.63, 3.8) is 0 Å². The number of benzene rings is 7. The molecule has 11 rings (SSSR count). The number of nitrogens with zero attached hydrogens (tertiary/aromatic N) is 4. The number of allylic oxidation sites excluding steroid dienone is 2. The maximum Gasteiger partial charge on any atom is 0.136 e. The van der Waals surface area contributed by atoms with Crippen molar-refractivity contribution in [3.8, 4) is 22.5 Å². The second-order valence-electron chi connectivity index (χ2n) is 14.0. The van der Waals surface area contributed by atoms with Crippen LogP contribution in [0.3, 0.4) is 0 Å². The normalized spacial score (nSPS) is 16.6. The van der Waals surface area contributed by atoms with Gasteiger partial charge in [0, 0.05) is 44.2 Å². The molecule has 9 aromatic rings. The predicted octanol–water partition coefficient (Wildman–Crippen LogP) is 11.7. The van der Waals surface area contributed by atoms with Crippen molar-refractivity contribution in [2.24, 2.45) is 4.99 Å². The number of para-hydroxylation sites is 4. The van der Waals surface area contributed by atoms with Crippen molar-refractivity contribution in [2.75, 3.05) is 4.90 Å². The minimum atomic E-state index is 0.102. The van der Waals surface area contributed by atoms with Crippen molar-refractivity contribution < 1.29 is 0 Å². The summed E-state index contributed by atoms with van der Waals surface area (Å²) in [5, 5.41) is 5.00. The van der Waals surface area contributed by atoms with E-state index in [9.17, 15) is 0 Å². The van der Waals surface area contributed by atoms with Crippen molar-refractivity contribution in [2.45, 2.75) is 12.1 Å². The molecule has 3 heterocycles. The third-order valence-corrected chi connectivity index (χ3v) is 11.0. The van der Waals surface area contributed by atoms with E-state index in [0.29, 0.717) is 0 Å². The van der Waals surface area contributed by atoms with Crippen molar-refractivity contribution >= 4 is 55.1 Å². The topological polar surface area (TPSA) is 25.5 Å². The Bertz CT molecular complexity index is 2940. The van der Waals surface area contributed by atoms with Crippen LogP contribution < -0.4 is 4.90 Å². The quantitative estimate of drug-likeness (QED) is 0.178. The number of hydrogen-bond acceptors (Lipinski definition) is 2. The van der Waals surface area contributed by atoms with E-state index in [1.165, 1.54) is 60.4 Å². The standard InChI is InChI=1S/C49H34N4/c1-3-13-36(14-4-1)51-44-20-10-7-17-39(44)41-31-34(25-29-46(41)51)35-26-30-47-42(32-35)40-18-8-11-21-45(40)52(47)38-27-23-33(24-28-38)49-50-43-19-9-12-22-48(43)53(49)37-15-5-2-6-16-37/h1-32,43,48H. The lowest BCUT2D eigenvalue weighted by Gasteiger charge is -2.29. The SMILES string of the molecule is C1=CC2N=C(c3ccc(-n4c5ccccc5c5cc(-c6ccc7c(c6)c6ccccc6n7-c6ccccc6)ccc54)cc3)N(c3ccccc3)C2C=C1. The second-order valence-corrected chi connectivity index (χ2v) is 14.0. The van der Waals surface area contributed by atoms with Crippen LogP contribution in [0.2, 0.25) is 0 Å². The number of fused-ring (bicyclic) bond motifs is 7. The zero-order valence-electron chi connectivity index (χ0n) is 28.9. The van der Waals surface area contributed by atoms with Gasteiger partial charge in [-0.2, -0.15) is 0 Å². The van der Waals surface area contributed by atoms with Crippen molar-refractivity contribution in [3.05, 3.63) is 200 Å². The molecule has 1 aliphatic carbocycles. The van der Waals surface area contributed by atoms with Crippen LogP contribution in [0.1, 0.15) is 5.56 Å². The largest absolute Gasteiger partial charge is 0.317 e. The molecule has 0 fully saturated rings. The molecular formula is C49H34N4. The fourth-order valence-electron chi connectivity index (χ4n) is 8.58. The van der Waals surface area contributed by atoms with Gasteiger partial charge in [0.05, 0.1) is 34.2 Å². The summed E-state index contributed by atoms with van der Waals surface area (Å²) in [7, 11) is 0.